The van der Waals surface area contributed by atoms with Crippen LogP contribution in [0.4, 0.5) is 0 Å². The smallest absolute Gasteiger partial charge is 0.251 e. The number of fused-ring (bicyclic) bond motifs is 2. The second-order valence-electron chi connectivity index (χ2n) is 7.96. The number of nitrogens with one attached hydrogen (secondary N) is 2. The Bertz CT molecular complexity index is 1280. The Morgan fingerprint density at radius 3 is 2.72 bits per heavy atom. The van der Waals surface area contributed by atoms with Crippen LogP contribution < -0.4 is 5.32 Å². The minimum absolute atomic E-state index is 0.0611. The van der Waals surface area contributed by atoms with Crippen LogP contribution in [0.1, 0.15) is 34.0 Å². The summed E-state index contributed by atoms with van der Waals surface area (Å²) in [7, 11) is 0. The highest BCUT2D eigenvalue weighted by Crippen LogP contribution is 2.28. The molecular formula is C26H24N4O2. The van der Waals surface area contributed by atoms with Crippen molar-refractivity contribution in [1.29, 1.82) is 0 Å². The SMILES string of the molecule is CCON=Cc1ccc2[nH]nc(-c3cccc(C(=O)NC4Cc5ccccc5C4)c3)c2c1. The van der Waals surface area contributed by atoms with Gasteiger partial charge < -0.3 is 10.2 Å². The zero-order valence-corrected chi connectivity index (χ0v) is 17.8. The molecule has 160 valence electrons. The zero-order chi connectivity index (χ0) is 21.9. The summed E-state index contributed by atoms with van der Waals surface area (Å²) >= 11 is 0. The molecule has 6 nitrogen and oxygen atoms in total. The number of aromatic nitrogens is 2. The predicted molar refractivity (Wildman–Crippen MR) is 126 cm³/mol. The van der Waals surface area contributed by atoms with Crippen LogP contribution in [0.25, 0.3) is 22.2 Å². The first-order chi connectivity index (χ1) is 15.7. The Hall–Kier alpha value is -3.93. The number of aromatic amines is 1. The number of oxime groups is 1. The summed E-state index contributed by atoms with van der Waals surface area (Å²) in [4.78, 5) is 18.0. The van der Waals surface area contributed by atoms with Crippen LogP contribution in [0.15, 0.2) is 71.9 Å². The molecule has 0 bridgehead atoms. The summed E-state index contributed by atoms with van der Waals surface area (Å²) in [6.07, 6.45) is 3.43. The van der Waals surface area contributed by atoms with E-state index in [2.05, 4.69) is 44.9 Å². The van der Waals surface area contributed by atoms with Gasteiger partial charge in [0.2, 0.25) is 0 Å². The molecular weight excluding hydrogens is 400 g/mol. The Morgan fingerprint density at radius 2 is 1.94 bits per heavy atom. The molecule has 0 spiro atoms. The number of rotatable bonds is 6. The van der Waals surface area contributed by atoms with Crippen LogP contribution in [0, 0.1) is 0 Å². The molecule has 2 N–H and O–H groups in total. The third-order valence-corrected chi connectivity index (χ3v) is 5.78. The van der Waals surface area contributed by atoms with Gasteiger partial charge in [-0.1, -0.05) is 47.6 Å². The maximum absolute atomic E-state index is 13.0. The summed E-state index contributed by atoms with van der Waals surface area (Å²) in [6, 6.07) is 22.0. The van der Waals surface area contributed by atoms with E-state index in [9.17, 15) is 4.79 Å². The minimum Gasteiger partial charge on any atom is -0.396 e. The first-order valence-corrected chi connectivity index (χ1v) is 10.8. The van der Waals surface area contributed by atoms with Crippen molar-refractivity contribution < 1.29 is 9.63 Å². The highest BCUT2D eigenvalue weighted by atomic mass is 16.6. The molecule has 3 aromatic carbocycles. The molecule has 32 heavy (non-hydrogen) atoms. The molecule has 0 radical (unpaired) electrons. The van der Waals surface area contributed by atoms with E-state index < -0.39 is 0 Å². The number of benzene rings is 3. The van der Waals surface area contributed by atoms with Crippen LogP contribution >= 0.6 is 0 Å². The van der Waals surface area contributed by atoms with E-state index in [1.54, 1.807) is 6.21 Å². The number of carbonyl (C=O) groups is 1. The summed E-state index contributed by atoms with van der Waals surface area (Å²) < 4.78 is 0. The van der Waals surface area contributed by atoms with Crippen molar-refractivity contribution in [3.05, 3.63) is 89.0 Å². The van der Waals surface area contributed by atoms with Crippen LogP contribution in [0.3, 0.4) is 0 Å². The van der Waals surface area contributed by atoms with Gasteiger partial charge in [-0.2, -0.15) is 5.10 Å². The van der Waals surface area contributed by atoms with Gasteiger partial charge in [-0.25, -0.2) is 0 Å². The average molecular weight is 425 g/mol. The molecule has 0 unspecified atom stereocenters. The lowest BCUT2D eigenvalue weighted by atomic mass is 10.0. The number of carbonyl (C=O) groups excluding carboxylic acids is 1. The number of nitrogens with zero attached hydrogens (tertiary/aromatic N) is 2. The second kappa shape index (κ2) is 8.67. The maximum Gasteiger partial charge on any atom is 0.251 e. The number of hydrogen-bond donors (Lipinski definition) is 2. The van der Waals surface area contributed by atoms with Gasteiger partial charge in [-0.15, -0.1) is 0 Å². The molecule has 4 aromatic rings. The monoisotopic (exact) mass is 424 g/mol. The topological polar surface area (TPSA) is 79.4 Å². The maximum atomic E-state index is 13.0. The van der Waals surface area contributed by atoms with E-state index >= 15 is 0 Å². The van der Waals surface area contributed by atoms with Crippen molar-refractivity contribution in [2.45, 2.75) is 25.8 Å². The van der Waals surface area contributed by atoms with E-state index in [1.807, 2.05) is 49.4 Å². The van der Waals surface area contributed by atoms with Gasteiger partial charge in [0.1, 0.15) is 6.61 Å². The van der Waals surface area contributed by atoms with Gasteiger partial charge in [0, 0.05) is 22.6 Å². The van der Waals surface area contributed by atoms with Crippen molar-refractivity contribution in [2.75, 3.05) is 6.61 Å². The Balaban J connectivity index is 1.37. The molecule has 0 fully saturated rings. The molecule has 1 heterocycles. The lowest BCUT2D eigenvalue weighted by Gasteiger charge is -2.12. The molecule has 0 saturated carbocycles. The molecule has 0 atom stereocenters. The van der Waals surface area contributed by atoms with E-state index in [1.165, 1.54) is 11.1 Å². The van der Waals surface area contributed by atoms with Crippen molar-refractivity contribution in [3.8, 4) is 11.3 Å². The molecule has 0 saturated heterocycles. The lowest BCUT2D eigenvalue weighted by Crippen LogP contribution is -2.35. The van der Waals surface area contributed by atoms with Crippen LogP contribution in [0.2, 0.25) is 0 Å². The van der Waals surface area contributed by atoms with Gasteiger partial charge in [0.25, 0.3) is 5.91 Å². The molecule has 1 amide bonds. The van der Waals surface area contributed by atoms with Gasteiger partial charge >= 0.3 is 0 Å². The minimum atomic E-state index is -0.0611. The van der Waals surface area contributed by atoms with Crippen molar-refractivity contribution in [3.63, 3.8) is 0 Å². The molecule has 6 heteroatoms. The number of hydrogen-bond acceptors (Lipinski definition) is 4. The van der Waals surface area contributed by atoms with Crippen LogP contribution in [0.5, 0.6) is 0 Å². The van der Waals surface area contributed by atoms with E-state index in [0.717, 1.165) is 40.6 Å². The highest BCUT2D eigenvalue weighted by Gasteiger charge is 2.23. The Kier molecular flexibility index (Phi) is 5.42. The summed E-state index contributed by atoms with van der Waals surface area (Å²) in [5, 5.41) is 15.7. The van der Waals surface area contributed by atoms with E-state index in [0.29, 0.717) is 12.2 Å². The van der Waals surface area contributed by atoms with Crippen LogP contribution in [-0.2, 0) is 17.7 Å². The fourth-order valence-corrected chi connectivity index (χ4v) is 4.24. The second-order valence-corrected chi connectivity index (χ2v) is 7.96. The first-order valence-electron chi connectivity index (χ1n) is 10.8. The predicted octanol–water partition coefficient (Wildman–Crippen LogP) is 4.50. The molecule has 1 aliphatic carbocycles. The molecule has 0 aliphatic heterocycles. The van der Waals surface area contributed by atoms with Crippen molar-refractivity contribution in [2.24, 2.45) is 5.16 Å². The molecule has 1 aromatic heterocycles. The van der Waals surface area contributed by atoms with Gasteiger partial charge in [0.05, 0.1) is 17.4 Å². The van der Waals surface area contributed by atoms with E-state index in [4.69, 9.17) is 4.84 Å². The summed E-state index contributed by atoms with van der Waals surface area (Å²) in [5.41, 5.74) is 6.79. The highest BCUT2D eigenvalue weighted by molar-refractivity contribution is 5.99. The molecule has 1 aliphatic rings. The van der Waals surface area contributed by atoms with Gasteiger partial charge in [0.15, 0.2) is 0 Å². The number of H-pyrrole nitrogens is 1. The largest absolute Gasteiger partial charge is 0.396 e. The molecule has 5 rings (SSSR count). The zero-order valence-electron chi connectivity index (χ0n) is 17.8. The number of amides is 1. The van der Waals surface area contributed by atoms with Crippen LogP contribution in [-0.4, -0.2) is 35.0 Å². The standard InChI is InChI=1S/C26H24N4O2/c1-2-32-27-16-17-10-11-24-23(12-17)25(30-29-24)20-8-5-9-21(13-20)26(31)28-22-14-18-6-3-4-7-19(18)15-22/h3-13,16,22H,2,14-15H2,1H3,(H,28,31)(H,29,30). The van der Waals surface area contributed by atoms with Gasteiger partial charge in [-0.05, 0) is 60.7 Å². The normalized spacial score (nSPS) is 13.5. The first kappa shape index (κ1) is 20.0. The Labute approximate surface area is 186 Å². The third kappa shape index (κ3) is 3.99. The third-order valence-electron chi connectivity index (χ3n) is 5.78. The summed E-state index contributed by atoms with van der Waals surface area (Å²) in [5.74, 6) is -0.0611. The average Bonchev–Trinajstić information content (AvgIpc) is 3.42. The fourth-order valence-electron chi connectivity index (χ4n) is 4.24. The quantitative estimate of drug-likeness (QED) is 0.353. The van der Waals surface area contributed by atoms with Crippen molar-refractivity contribution >= 4 is 23.0 Å². The fraction of sp³-hybridized carbons (Fsp3) is 0.192. The van der Waals surface area contributed by atoms with E-state index in [-0.39, 0.29) is 11.9 Å². The summed E-state index contributed by atoms with van der Waals surface area (Å²) in [6.45, 7) is 2.42. The van der Waals surface area contributed by atoms with Crippen molar-refractivity contribution in [1.82, 2.24) is 15.5 Å². The Morgan fingerprint density at radius 1 is 1.12 bits per heavy atom. The van der Waals surface area contributed by atoms with Gasteiger partial charge in [-0.3, -0.25) is 9.89 Å². The lowest BCUT2D eigenvalue weighted by molar-refractivity contribution is 0.0938.